The van der Waals surface area contributed by atoms with E-state index in [9.17, 15) is 0 Å². The summed E-state index contributed by atoms with van der Waals surface area (Å²) in [6.07, 6.45) is 1.35. The highest BCUT2D eigenvalue weighted by atomic mass is 16.5. The van der Waals surface area contributed by atoms with E-state index in [2.05, 4.69) is 18.9 Å². The third-order valence-corrected chi connectivity index (χ3v) is 4.20. The van der Waals surface area contributed by atoms with Gasteiger partial charge >= 0.3 is 0 Å². The Morgan fingerprint density at radius 2 is 2.20 bits per heavy atom. The molecule has 1 aromatic carbocycles. The molecule has 3 atom stereocenters. The Bertz CT molecular complexity index is 548. The van der Waals surface area contributed by atoms with Gasteiger partial charge in [-0.3, -0.25) is 4.90 Å². The van der Waals surface area contributed by atoms with E-state index < -0.39 is 0 Å². The van der Waals surface area contributed by atoms with E-state index in [1.165, 1.54) is 0 Å². The summed E-state index contributed by atoms with van der Waals surface area (Å²) in [6, 6.07) is 10.4. The Labute approximate surface area is 119 Å². The standard InChI is InChI=1S/C16H22N2O2/c1-11-14(7-8-19-11)18(2)10-13(17)16-9-12-5-3-4-6-15(12)20-16/h3-6,9,11,13-14H,7-8,10,17H2,1-2H3. The molecule has 2 heterocycles. The average Bonchev–Trinajstić information content (AvgIpc) is 3.04. The zero-order valence-electron chi connectivity index (χ0n) is 12.1. The maximum absolute atomic E-state index is 6.30. The number of furan rings is 1. The first-order valence-corrected chi connectivity index (χ1v) is 7.21. The van der Waals surface area contributed by atoms with Gasteiger partial charge in [0.05, 0.1) is 12.1 Å². The fraction of sp³-hybridized carbons (Fsp3) is 0.500. The first-order valence-electron chi connectivity index (χ1n) is 7.21. The van der Waals surface area contributed by atoms with Crippen LogP contribution in [-0.4, -0.2) is 37.2 Å². The summed E-state index contributed by atoms with van der Waals surface area (Å²) in [5.74, 6) is 0.851. The zero-order chi connectivity index (χ0) is 14.1. The molecule has 2 N–H and O–H groups in total. The lowest BCUT2D eigenvalue weighted by atomic mass is 10.1. The van der Waals surface area contributed by atoms with Crippen molar-refractivity contribution >= 4 is 11.0 Å². The Morgan fingerprint density at radius 1 is 1.40 bits per heavy atom. The fourth-order valence-corrected chi connectivity index (χ4v) is 3.02. The largest absolute Gasteiger partial charge is 0.459 e. The molecule has 20 heavy (non-hydrogen) atoms. The van der Waals surface area contributed by atoms with Gasteiger partial charge in [0.25, 0.3) is 0 Å². The van der Waals surface area contributed by atoms with Crippen LogP contribution in [0.4, 0.5) is 0 Å². The zero-order valence-corrected chi connectivity index (χ0v) is 12.1. The van der Waals surface area contributed by atoms with Gasteiger partial charge in [0, 0.05) is 24.6 Å². The van der Waals surface area contributed by atoms with Gasteiger partial charge < -0.3 is 14.9 Å². The number of para-hydroxylation sites is 1. The van der Waals surface area contributed by atoms with Crippen molar-refractivity contribution in [1.29, 1.82) is 0 Å². The summed E-state index contributed by atoms with van der Waals surface area (Å²) < 4.78 is 11.5. The molecular formula is C16H22N2O2. The number of hydrogen-bond acceptors (Lipinski definition) is 4. The monoisotopic (exact) mass is 274 g/mol. The average molecular weight is 274 g/mol. The van der Waals surface area contributed by atoms with Crippen molar-refractivity contribution in [3.8, 4) is 0 Å². The second-order valence-corrected chi connectivity index (χ2v) is 5.66. The van der Waals surface area contributed by atoms with Crippen LogP contribution in [0.2, 0.25) is 0 Å². The quantitative estimate of drug-likeness (QED) is 0.931. The Kier molecular flexibility index (Phi) is 3.78. The molecule has 0 aliphatic carbocycles. The summed E-state index contributed by atoms with van der Waals surface area (Å²) in [5, 5.41) is 1.11. The van der Waals surface area contributed by atoms with Gasteiger partial charge in [-0.05, 0) is 32.5 Å². The minimum atomic E-state index is -0.111. The van der Waals surface area contributed by atoms with Crippen molar-refractivity contribution in [1.82, 2.24) is 4.90 Å². The van der Waals surface area contributed by atoms with Gasteiger partial charge in [-0.15, -0.1) is 0 Å². The molecule has 1 aromatic heterocycles. The molecule has 0 amide bonds. The second-order valence-electron chi connectivity index (χ2n) is 5.66. The minimum absolute atomic E-state index is 0.111. The van der Waals surface area contributed by atoms with Crippen LogP contribution in [0.25, 0.3) is 11.0 Å². The fourth-order valence-electron chi connectivity index (χ4n) is 3.02. The number of benzene rings is 1. The highest BCUT2D eigenvalue weighted by Crippen LogP contribution is 2.25. The molecular weight excluding hydrogens is 252 g/mol. The first-order chi connectivity index (χ1) is 9.65. The third kappa shape index (κ3) is 2.59. The molecule has 0 bridgehead atoms. The van der Waals surface area contributed by atoms with Crippen molar-refractivity contribution in [2.24, 2.45) is 5.73 Å². The normalized spacial score (nSPS) is 24.6. The SMILES string of the molecule is CC1OCCC1N(C)CC(N)c1cc2ccccc2o1. The van der Waals surface area contributed by atoms with Gasteiger partial charge in [0.15, 0.2) is 0 Å². The van der Waals surface area contributed by atoms with E-state index in [1.54, 1.807) is 0 Å². The summed E-state index contributed by atoms with van der Waals surface area (Å²) in [6.45, 7) is 3.75. The van der Waals surface area contributed by atoms with E-state index in [4.69, 9.17) is 14.9 Å². The molecule has 4 nitrogen and oxygen atoms in total. The third-order valence-electron chi connectivity index (χ3n) is 4.20. The number of nitrogens with two attached hydrogens (primary N) is 1. The molecule has 108 valence electrons. The number of ether oxygens (including phenoxy) is 1. The predicted octanol–water partition coefficient (Wildman–Crippen LogP) is 2.54. The lowest BCUT2D eigenvalue weighted by molar-refractivity contribution is 0.0811. The van der Waals surface area contributed by atoms with Crippen molar-refractivity contribution in [3.63, 3.8) is 0 Å². The lowest BCUT2D eigenvalue weighted by Gasteiger charge is -2.28. The number of likely N-dealkylation sites (N-methyl/N-ethyl adjacent to an activating group) is 1. The van der Waals surface area contributed by atoms with Crippen LogP contribution in [0.15, 0.2) is 34.7 Å². The van der Waals surface area contributed by atoms with E-state index in [1.807, 2.05) is 30.3 Å². The first kappa shape index (κ1) is 13.6. The van der Waals surface area contributed by atoms with Crippen molar-refractivity contribution in [2.75, 3.05) is 20.2 Å². The molecule has 0 spiro atoms. The predicted molar refractivity (Wildman–Crippen MR) is 79.6 cm³/mol. The topological polar surface area (TPSA) is 51.6 Å². The van der Waals surface area contributed by atoms with Crippen LogP contribution in [0.1, 0.15) is 25.1 Å². The Balaban J connectivity index is 1.70. The van der Waals surface area contributed by atoms with Crippen LogP contribution < -0.4 is 5.73 Å². The van der Waals surface area contributed by atoms with Gasteiger partial charge in [0.2, 0.25) is 0 Å². The number of nitrogens with zero attached hydrogens (tertiary/aromatic N) is 1. The minimum Gasteiger partial charge on any atom is -0.459 e. The molecule has 1 fully saturated rings. The molecule has 1 saturated heterocycles. The highest BCUT2D eigenvalue weighted by molar-refractivity contribution is 5.77. The van der Waals surface area contributed by atoms with Crippen LogP contribution in [0.3, 0.4) is 0 Å². The van der Waals surface area contributed by atoms with Gasteiger partial charge in [-0.25, -0.2) is 0 Å². The van der Waals surface area contributed by atoms with E-state index in [0.717, 1.165) is 36.3 Å². The van der Waals surface area contributed by atoms with Gasteiger partial charge in [-0.1, -0.05) is 18.2 Å². The van der Waals surface area contributed by atoms with Crippen LogP contribution in [0.5, 0.6) is 0 Å². The maximum Gasteiger partial charge on any atom is 0.134 e. The molecule has 1 aliphatic heterocycles. The van der Waals surface area contributed by atoms with E-state index >= 15 is 0 Å². The summed E-state index contributed by atoms with van der Waals surface area (Å²) >= 11 is 0. The van der Waals surface area contributed by atoms with Crippen molar-refractivity contribution < 1.29 is 9.15 Å². The lowest BCUT2D eigenvalue weighted by Crippen LogP contribution is -2.40. The molecule has 1 aliphatic rings. The summed E-state index contributed by atoms with van der Waals surface area (Å²) in [4.78, 5) is 2.29. The van der Waals surface area contributed by atoms with Gasteiger partial charge in [-0.2, -0.15) is 0 Å². The van der Waals surface area contributed by atoms with Gasteiger partial charge in [0.1, 0.15) is 11.3 Å². The number of hydrogen-bond donors (Lipinski definition) is 1. The Hall–Kier alpha value is -1.36. The highest BCUT2D eigenvalue weighted by Gasteiger charge is 2.29. The van der Waals surface area contributed by atoms with E-state index in [0.29, 0.717) is 6.04 Å². The molecule has 0 saturated carbocycles. The summed E-state index contributed by atoms with van der Waals surface area (Å²) in [5.41, 5.74) is 7.20. The molecule has 3 unspecified atom stereocenters. The number of rotatable bonds is 4. The van der Waals surface area contributed by atoms with Crippen molar-refractivity contribution in [3.05, 3.63) is 36.1 Å². The molecule has 3 rings (SSSR count). The summed E-state index contributed by atoms with van der Waals surface area (Å²) in [7, 11) is 2.11. The van der Waals surface area contributed by atoms with Crippen LogP contribution >= 0.6 is 0 Å². The Morgan fingerprint density at radius 3 is 2.90 bits per heavy atom. The maximum atomic E-state index is 6.30. The number of fused-ring (bicyclic) bond motifs is 1. The smallest absolute Gasteiger partial charge is 0.134 e. The second kappa shape index (κ2) is 5.56. The van der Waals surface area contributed by atoms with Crippen LogP contribution in [0, 0.1) is 0 Å². The molecule has 4 heteroatoms. The molecule has 0 radical (unpaired) electrons. The van der Waals surface area contributed by atoms with E-state index in [-0.39, 0.29) is 12.1 Å². The van der Waals surface area contributed by atoms with Crippen molar-refractivity contribution in [2.45, 2.75) is 31.5 Å². The molecule has 2 aromatic rings. The van der Waals surface area contributed by atoms with Crippen LogP contribution in [-0.2, 0) is 4.74 Å².